The van der Waals surface area contributed by atoms with Crippen molar-refractivity contribution in [3.63, 3.8) is 0 Å². The average molecular weight is 316 g/mol. The van der Waals surface area contributed by atoms with Gasteiger partial charge in [0, 0.05) is 17.1 Å². The van der Waals surface area contributed by atoms with Crippen LogP contribution in [0.15, 0.2) is 34.9 Å². The second-order valence-corrected chi connectivity index (χ2v) is 5.73. The molecule has 0 fully saturated rings. The minimum atomic E-state index is 0.767. The number of aromatic amines is 1. The van der Waals surface area contributed by atoms with Crippen LogP contribution < -0.4 is 0 Å². The Morgan fingerprint density at radius 1 is 1.21 bits per heavy atom. The maximum atomic E-state index is 4.53. The summed E-state index contributed by atoms with van der Waals surface area (Å²) in [5, 5.41) is 0. The summed E-state index contributed by atoms with van der Waals surface area (Å²) in [5.74, 6) is 0.953. The zero-order valence-electron chi connectivity index (χ0n) is 10.9. The first-order valence-corrected chi connectivity index (χ1v) is 6.97. The van der Waals surface area contributed by atoms with Crippen LogP contribution in [0.3, 0.4) is 0 Å². The van der Waals surface area contributed by atoms with Gasteiger partial charge in [0.15, 0.2) is 5.65 Å². The predicted molar refractivity (Wildman–Crippen MR) is 80.3 cm³/mol. The molecule has 3 rings (SSSR count). The summed E-state index contributed by atoms with van der Waals surface area (Å²) in [6.45, 7) is 4.24. The molecule has 1 aromatic carbocycles. The van der Waals surface area contributed by atoms with Crippen molar-refractivity contribution in [1.82, 2.24) is 15.0 Å². The van der Waals surface area contributed by atoms with Crippen LogP contribution in [0, 0.1) is 13.8 Å². The van der Waals surface area contributed by atoms with Gasteiger partial charge in [0.05, 0.1) is 5.52 Å². The number of aryl methyl sites for hydroxylation is 2. The molecule has 0 saturated heterocycles. The zero-order chi connectivity index (χ0) is 13.4. The van der Waals surface area contributed by atoms with Gasteiger partial charge in [-0.05, 0) is 47.0 Å². The Hall–Kier alpha value is -1.68. The molecule has 0 spiro atoms. The molecule has 0 aliphatic rings. The Bertz CT molecular complexity index is 746. The summed E-state index contributed by atoms with van der Waals surface area (Å²) in [7, 11) is 0. The second kappa shape index (κ2) is 4.78. The molecule has 2 heterocycles. The third-order valence-corrected chi connectivity index (χ3v) is 3.65. The molecule has 1 N–H and O–H groups in total. The molecule has 96 valence electrons. The van der Waals surface area contributed by atoms with E-state index in [1.54, 1.807) is 6.20 Å². The molecular weight excluding hydrogens is 302 g/mol. The van der Waals surface area contributed by atoms with E-state index in [0.717, 1.165) is 27.9 Å². The minimum Gasteiger partial charge on any atom is -0.340 e. The van der Waals surface area contributed by atoms with Gasteiger partial charge in [-0.15, -0.1) is 0 Å². The smallest absolute Gasteiger partial charge is 0.177 e. The summed E-state index contributed by atoms with van der Waals surface area (Å²) in [6, 6.07) is 8.51. The Labute approximate surface area is 120 Å². The molecule has 0 atom stereocenters. The van der Waals surface area contributed by atoms with Crippen LogP contribution in [0.1, 0.15) is 22.5 Å². The fraction of sp³-hybridized carbons (Fsp3) is 0.200. The Morgan fingerprint density at radius 3 is 2.89 bits per heavy atom. The summed E-state index contributed by atoms with van der Waals surface area (Å²) in [6.07, 6.45) is 2.58. The van der Waals surface area contributed by atoms with Crippen molar-refractivity contribution in [2.24, 2.45) is 0 Å². The summed E-state index contributed by atoms with van der Waals surface area (Å²) in [5.41, 5.74) is 5.61. The quantitative estimate of drug-likeness (QED) is 0.778. The number of H-pyrrole nitrogens is 1. The number of halogens is 1. The first-order valence-electron chi connectivity index (χ1n) is 6.18. The van der Waals surface area contributed by atoms with Crippen LogP contribution in [-0.2, 0) is 6.42 Å². The lowest BCUT2D eigenvalue weighted by Gasteiger charge is -2.04. The lowest BCUT2D eigenvalue weighted by atomic mass is 10.0. The molecule has 3 aromatic rings. The van der Waals surface area contributed by atoms with E-state index in [-0.39, 0.29) is 0 Å². The minimum absolute atomic E-state index is 0.767. The summed E-state index contributed by atoms with van der Waals surface area (Å²) in [4.78, 5) is 12.2. The number of hydrogen-bond acceptors (Lipinski definition) is 2. The van der Waals surface area contributed by atoms with Gasteiger partial charge < -0.3 is 4.98 Å². The number of imidazole rings is 1. The molecule has 2 aromatic heterocycles. The van der Waals surface area contributed by atoms with Gasteiger partial charge in [-0.1, -0.05) is 23.8 Å². The van der Waals surface area contributed by atoms with E-state index >= 15 is 0 Å². The first kappa shape index (κ1) is 12.4. The highest BCUT2D eigenvalue weighted by molar-refractivity contribution is 9.10. The molecule has 4 heteroatoms. The molecule has 0 bridgehead atoms. The van der Waals surface area contributed by atoms with Gasteiger partial charge >= 0.3 is 0 Å². The molecule has 19 heavy (non-hydrogen) atoms. The van der Waals surface area contributed by atoms with Crippen molar-refractivity contribution in [3.8, 4) is 0 Å². The van der Waals surface area contributed by atoms with Gasteiger partial charge in [0.2, 0.25) is 0 Å². The van der Waals surface area contributed by atoms with Crippen molar-refractivity contribution in [2.45, 2.75) is 20.3 Å². The number of fused-ring (bicyclic) bond motifs is 1. The van der Waals surface area contributed by atoms with Crippen LogP contribution in [-0.4, -0.2) is 15.0 Å². The van der Waals surface area contributed by atoms with Crippen LogP contribution in [0.2, 0.25) is 0 Å². The van der Waals surface area contributed by atoms with Crippen molar-refractivity contribution in [2.75, 3.05) is 0 Å². The maximum Gasteiger partial charge on any atom is 0.177 e. The van der Waals surface area contributed by atoms with Crippen molar-refractivity contribution < 1.29 is 0 Å². The first-order chi connectivity index (χ1) is 9.11. The molecule has 0 radical (unpaired) electrons. The predicted octanol–water partition coefficient (Wildman–Crippen LogP) is 3.93. The molecule has 0 amide bonds. The van der Waals surface area contributed by atoms with E-state index in [9.17, 15) is 0 Å². The van der Waals surface area contributed by atoms with Gasteiger partial charge in [-0.3, -0.25) is 0 Å². The third kappa shape index (κ3) is 2.54. The number of nitrogens with one attached hydrogen (secondary N) is 1. The number of nitrogens with zero attached hydrogens (tertiary/aromatic N) is 2. The van der Waals surface area contributed by atoms with E-state index in [0.29, 0.717) is 0 Å². The molecule has 0 aliphatic carbocycles. The SMILES string of the molecule is Cc1ccc(C)c(Cc2nc3ncc(Br)cc3[nH]2)c1. The average Bonchev–Trinajstić information content (AvgIpc) is 2.75. The Balaban J connectivity index is 1.98. The maximum absolute atomic E-state index is 4.53. The lowest BCUT2D eigenvalue weighted by Crippen LogP contribution is -1.94. The molecule has 0 unspecified atom stereocenters. The number of aromatic nitrogens is 3. The molecular formula is C15H14BrN3. The Morgan fingerprint density at radius 2 is 2.05 bits per heavy atom. The van der Waals surface area contributed by atoms with Crippen LogP contribution >= 0.6 is 15.9 Å². The fourth-order valence-corrected chi connectivity index (χ4v) is 2.51. The third-order valence-electron chi connectivity index (χ3n) is 3.22. The zero-order valence-corrected chi connectivity index (χ0v) is 12.5. The molecule has 3 nitrogen and oxygen atoms in total. The highest BCUT2D eigenvalue weighted by Crippen LogP contribution is 2.18. The number of hydrogen-bond donors (Lipinski definition) is 1. The van der Waals surface area contributed by atoms with E-state index in [2.05, 4.69) is 62.9 Å². The topological polar surface area (TPSA) is 41.6 Å². The van der Waals surface area contributed by atoms with E-state index in [1.807, 2.05) is 6.07 Å². The van der Waals surface area contributed by atoms with E-state index in [1.165, 1.54) is 16.7 Å². The van der Waals surface area contributed by atoms with Gasteiger partial charge in [0.25, 0.3) is 0 Å². The number of benzene rings is 1. The Kier molecular flexibility index (Phi) is 3.11. The van der Waals surface area contributed by atoms with Gasteiger partial charge in [-0.2, -0.15) is 0 Å². The summed E-state index contributed by atoms with van der Waals surface area (Å²) < 4.78 is 0.960. The van der Waals surface area contributed by atoms with Crippen molar-refractivity contribution in [1.29, 1.82) is 0 Å². The van der Waals surface area contributed by atoms with Crippen LogP contribution in [0.4, 0.5) is 0 Å². The van der Waals surface area contributed by atoms with Gasteiger partial charge in [0.1, 0.15) is 5.82 Å². The van der Waals surface area contributed by atoms with Crippen molar-refractivity contribution >= 4 is 27.1 Å². The monoisotopic (exact) mass is 315 g/mol. The van der Waals surface area contributed by atoms with E-state index in [4.69, 9.17) is 0 Å². The summed E-state index contributed by atoms with van der Waals surface area (Å²) >= 11 is 3.42. The lowest BCUT2D eigenvalue weighted by molar-refractivity contribution is 1.02. The van der Waals surface area contributed by atoms with Crippen LogP contribution in [0.5, 0.6) is 0 Å². The normalized spacial score (nSPS) is 11.1. The fourth-order valence-electron chi connectivity index (χ4n) is 2.18. The number of pyridine rings is 1. The second-order valence-electron chi connectivity index (χ2n) is 4.81. The highest BCUT2D eigenvalue weighted by Gasteiger charge is 2.07. The largest absolute Gasteiger partial charge is 0.340 e. The van der Waals surface area contributed by atoms with E-state index < -0.39 is 0 Å². The number of rotatable bonds is 2. The highest BCUT2D eigenvalue weighted by atomic mass is 79.9. The van der Waals surface area contributed by atoms with Crippen LogP contribution in [0.25, 0.3) is 11.2 Å². The standard InChI is InChI=1S/C15H14BrN3/c1-9-3-4-10(2)11(5-9)6-14-18-13-7-12(16)8-17-15(13)19-14/h3-5,7-8H,6H2,1-2H3,(H,17,18,19). The molecule has 0 saturated carbocycles. The van der Waals surface area contributed by atoms with Crippen molar-refractivity contribution in [3.05, 3.63) is 57.4 Å². The molecule has 0 aliphatic heterocycles. The van der Waals surface area contributed by atoms with Gasteiger partial charge in [-0.25, -0.2) is 9.97 Å².